The van der Waals surface area contributed by atoms with Crippen molar-refractivity contribution in [3.05, 3.63) is 36.5 Å². The molecule has 0 saturated carbocycles. The summed E-state index contributed by atoms with van der Waals surface area (Å²) in [6, 6.07) is 1.95. The summed E-state index contributed by atoms with van der Waals surface area (Å²) in [6.45, 7) is 2.19. The summed E-state index contributed by atoms with van der Waals surface area (Å²) in [5.74, 6) is 0. The Morgan fingerprint density at radius 1 is 1.00 bits per heavy atom. The fourth-order valence-corrected chi connectivity index (χ4v) is 1.03. The minimum absolute atomic E-state index is 1.09. The van der Waals surface area contributed by atoms with Gasteiger partial charge in [0.1, 0.15) is 0 Å². The molecule has 1 nitrogen and oxygen atoms in total. The molecular weight excluding hydrogens is 170 g/mol. The molecule has 0 rings (SSSR count). The van der Waals surface area contributed by atoms with E-state index >= 15 is 0 Å². The highest BCUT2D eigenvalue weighted by molar-refractivity contribution is 5.11. The summed E-state index contributed by atoms with van der Waals surface area (Å²) >= 11 is 0. The first-order valence-corrected chi connectivity index (χ1v) is 5.28. The zero-order chi connectivity index (χ0) is 10.5. The third-order valence-corrected chi connectivity index (χ3v) is 1.78. The first-order valence-electron chi connectivity index (χ1n) is 5.28. The van der Waals surface area contributed by atoms with Crippen molar-refractivity contribution >= 4 is 0 Å². The van der Waals surface area contributed by atoms with E-state index in [4.69, 9.17) is 5.26 Å². The lowest BCUT2D eigenvalue weighted by molar-refractivity contribution is 0.859. The lowest BCUT2D eigenvalue weighted by Crippen LogP contribution is -1.69. The van der Waals surface area contributed by atoms with Gasteiger partial charge in [0, 0.05) is 6.08 Å². The zero-order valence-corrected chi connectivity index (χ0v) is 8.95. The van der Waals surface area contributed by atoms with Gasteiger partial charge in [0.05, 0.1) is 6.07 Å². The molecule has 0 aliphatic carbocycles. The van der Waals surface area contributed by atoms with Crippen LogP contribution in [0.15, 0.2) is 36.5 Å². The van der Waals surface area contributed by atoms with Crippen LogP contribution in [0, 0.1) is 11.3 Å². The maximum Gasteiger partial charge on any atom is 0.0912 e. The predicted octanol–water partition coefficient (Wildman–Crippen LogP) is 4.15. The standard InChI is InChI=1S/C13H19N/c1-2-3-4-5-6-7-8-9-10-11-12-13-14/h4-5,9-12H,2-3,6-8H2,1H3/b5-4+,10-9+,12-11+. The van der Waals surface area contributed by atoms with E-state index in [1.807, 2.05) is 12.1 Å². The van der Waals surface area contributed by atoms with Crippen LogP contribution in [0.2, 0.25) is 0 Å². The van der Waals surface area contributed by atoms with Gasteiger partial charge in [0.25, 0.3) is 0 Å². The Bertz CT molecular complexity index is 228. The van der Waals surface area contributed by atoms with Gasteiger partial charge in [0.2, 0.25) is 0 Å². The van der Waals surface area contributed by atoms with Gasteiger partial charge in [-0.1, -0.05) is 43.7 Å². The number of hydrogen-bond donors (Lipinski definition) is 0. The predicted molar refractivity (Wildman–Crippen MR) is 61.8 cm³/mol. The van der Waals surface area contributed by atoms with Gasteiger partial charge >= 0.3 is 0 Å². The second-order valence-corrected chi connectivity index (χ2v) is 3.11. The van der Waals surface area contributed by atoms with Crippen molar-refractivity contribution in [3.63, 3.8) is 0 Å². The average Bonchev–Trinajstić information content (AvgIpc) is 2.21. The molecule has 0 spiro atoms. The molecular formula is C13H19N. The number of nitrogens with zero attached hydrogens (tertiary/aromatic N) is 1. The Balaban J connectivity index is 3.25. The van der Waals surface area contributed by atoms with E-state index in [0.717, 1.165) is 12.8 Å². The number of hydrogen-bond acceptors (Lipinski definition) is 1. The van der Waals surface area contributed by atoms with Crippen LogP contribution >= 0.6 is 0 Å². The summed E-state index contributed by atoms with van der Waals surface area (Å²) < 4.78 is 0. The van der Waals surface area contributed by atoms with E-state index in [9.17, 15) is 0 Å². The van der Waals surface area contributed by atoms with Crippen LogP contribution in [-0.2, 0) is 0 Å². The lowest BCUT2D eigenvalue weighted by atomic mass is 10.2. The smallest absolute Gasteiger partial charge is 0.0912 e. The van der Waals surface area contributed by atoms with E-state index in [2.05, 4.69) is 25.2 Å². The number of unbranched alkanes of at least 4 members (excludes halogenated alkanes) is 3. The van der Waals surface area contributed by atoms with Crippen molar-refractivity contribution in [2.24, 2.45) is 0 Å². The van der Waals surface area contributed by atoms with Crippen molar-refractivity contribution < 1.29 is 0 Å². The van der Waals surface area contributed by atoms with E-state index in [1.54, 1.807) is 6.08 Å². The highest BCUT2D eigenvalue weighted by Gasteiger charge is 1.79. The Hall–Kier alpha value is -1.29. The van der Waals surface area contributed by atoms with Gasteiger partial charge in [-0.2, -0.15) is 5.26 Å². The third kappa shape index (κ3) is 10.7. The molecule has 0 aromatic heterocycles. The van der Waals surface area contributed by atoms with Gasteiger partial charge in [-0.15, -0.1) is 0 Å². The van der Waals surface area contributed by atoms with Crippen LogP contribution in [0.25, 0.3) is 0 Å². The maximum absolute atomic E-state index is 8.21. The van der Waals surface area contributed by atoms with Gasteiger partial charge in [-0.25, -0.2) is 0 Å². The van der Waals surface area contributed by atoms with Crippen molar-refractivity contribution in [2.45, 2.75) is 39.0 Å². The normalized spacial score (nSPS) is 11.7. The monoisotopic (exact) mass is 189 g/mol. The molecule has 0 heterocycles. The van der Waals surface area contributed by atoms with Crippen LogP contribution in [-0.4, -0.2) is 0 Å². The van der Waals surface area contributed by atoms with E-state index in [-0.39, 0.29) is 0 Å². The zero-order valence-electron chi connectivity index (χ0n) is 8.95. The minimum Gasteiger partial charge on any atom is -0.193 e. The molecule has 0 atom stereocenters. The highest BCUT2D eigenvalue weighted by Crippen LogP contribution is 1.99. The first kappa shape index (κ1) is 12.7. The van der Waals surface area contributed by atoms with Crippen molar-refractivity contribution in [2.75, 3.05) is 0 Å². The fraction of sp³-hybridized carbons (Fsp3) is 0.462. The van der Waals surface area contributed by atoms with E-state index in [1.165, 1.54) is 25.3 Å². The van der Waals surface area contributed by atoms with Gasteiger partial charge < -0.3 is 0 Å². The Labute approximate surface area is 87.4 Å². The summed E-state index contributed by atoms with van der Waals surface area (Å²) in [7, 11) is 0. The topological polar surface area (TPSA) is 23.8 Å². The molecule has 0 saturated heterocycles. The molecule has 76 valence electrons. The van der Waals surface area contributed by atoms with Gasteiger partial charge in [0.15, 0.2) is 0 Å². The number of rotatable bonds is 7. The van der Waals surface area contributed by atoms with Gasteiger partial charge in [-0.3, -0.25) is 0 Å². The Kier molecular flexibility index (Phi) is 10.6. The van der Waals surface area contributed by atoms with Crippen LogP contribution in [0.1, 0.15) is 39.0 Å². The summed E-state index contributed by atoms with van der Waals surface area (Å²) in [5, 5.41) is 8.21. The van der Waals surface area contributed by atoms with Crippen molar-refractivity contribution in [1.29, 1.82) is 5.26 Å². The van der Waals surface area contributed by atoms with Crippen LogP contribution in [0.3, 0.4) is 0 Å². The quantitative estimate of drug-likeness (QED) is 0.255. The molecule has 0 aliphatic heterocycles. The van der Waals surface area contributed by atoms with Crippen molar-refractivity contribution in [1.82, 2.24) is 0 Å². The molecule has 0 aliphatic rings. The molecule has 0 aromatic carbocycles. The molecule has 0 fully saturated rings. The lowest BCUT2D eigenvalue weighted by Gasteiger charge is -1.89. The highest BCUT2D eigenvalue weighted by atomic mass is 14.2. The van der Waals surface area contributed by atoms with Crippen LogP contribution in [0.5, 0.6) is 0 Å². The molecule has 0 radical (unpaired) electrons. The van der Waals surface area contributed by atoms with Crippen LogP contribution in [0.4, 0.5) is 0 Å². The molecule has 0 aromatic rings. The second kappa shape index (κ2) is 11.7. The molecule has 0 N–H and O–H groups in total. The first-order chi connectivity index (χ1) is 6.91. The minimum atomic E-state index is 1.09. The number of allylic oxidation sites excluding steroid dienone is 6. The maximum atomic E-state index is 8.21. The molecule has 0 amide bonds. The molecule has 14 heavy (non-hydrogen) atoms. The van der Waals surface area contributed by atoms with Crippen LogP contribution < -0.4 is 0 Å². The molecule has 0 unspecified atom stereocenters. The Morgan fingerprint density at radius 2 is 1.71 bits per heavy atom. The summed E-state index contributed by atoms with van der Waals surface area (Å²) in [4.78, 5) is 0. The third-order valence-electron chi connectivity index (χ3n) is 1.78. The molecule has 0 bridgehead atoms. The number of nitriles is 1. The fourth-order valence-electron chi connectivity index (χ4n) is 1.03. The largest absolute Gasteiger partial charge is 0.193 e. The second-order valence-electron chi connectivity index (χ2n) is 3.11. The van der Waals surface area contributed by atoms with E-state index in [0.29, 0.717) is 0 Å². The SMILES string of the molecule is CCC/C=C/CCC/C=C/C=C/C#N. The van der Waals surface area contributed by atoms with Crippen molar-refractivity contribution in [3.8, 4) is 6.07 Å². The van der Waals surface area contributed by atoms with Gasteiger partial charge in [-0.05, 0) is 25.7 Å². The average molecular weight is 189 g/mol. The molecule has 1 heteroatoms. The van der Waals surface area contributed by atoms with E-state index < -0.39 is 0 Å². The Morgan fingerprint density at radius 3 is 2.43 bits per heavy atom. The summed E-state index contributed by atoms with van der Waals surface area (Å²) in [6.07, 6.45) is 17.7. The summed E-state index contributed by atoms with van der Waals surface area (Å²) in [5.41, 5.74) is 0.